The van der Waals surface area contributed by atoms with Crippen LogP contribution in [0.2, 0.25) is 0 Å². The fourth-order valence-electron chi connectivity index (χ4n) is 2.19. The van der Waals surface area contributed by atoms with Gasteiger partial charge in [-0.05, 0) is 5.56 Å². The summed E-state index contributed by atoms with van der Waals surface area (Å²) < 4.78 is 0. The topological polar surface area (TPSA) is 142 Å². The maximum atomic E-state index is 12.3. The number of carbonyl (C=O) groups excluding carboxylic acids is 1. The van der Waals surface area contributed by atoms with Crippen LogP contribution in [0.1, 0.15) is 11.6 Å². The molecular weight excluding hydrogens is 370 g/mol. The molecule has 8 nitrogen and oxygen atoms in total. The van der Waals surface area contributed by atoms with Crippen molar-refractivity contribution in [2.24, 2.45) is 10.7 Å². The molecule has 5 N–H and O–H groups in total. The average molecular weight is 386 g/mol. The maximum absolute atomic E-state index is 12.3. The number of halogens is 1. The first-order valence-electron chi connectivity index (χ1n) is 7.21. The Morgan fingerprint density at radius 3 is 2.48 bits per heavy atom. The minimum Gasteiger partial charge on any atom is -0.480 e. The van der Waals surface area contributed by atoms with Crippen LogP contribution in [0.25, 0.3) is 0 Å². The molecule has 0 radical (unpaired) electrons. The molecule has 1 amide bonds. The van der Waals surface area contributed by atoms with Crippen molar-refractivity contribution in [3.05, 3.63) is 35.9 Å². The summed E-state index contributed by atoms with van der Waals surface area (Å²) in [5.41, 5.74) is 6.05. The normalized spacial score (nSPS) is 22.4. The predicted octanol–water partition coefficient (Wildman–Crippen LogP) is 0.462. The molecule has 0 saturated heterocycles. The first kappa shape index (κ1) is 19.2. The summed E-state index contributed by atoms with van der Waals surface area (Å²) in [4.78, 5) is 38.8. The molecule has 25 heavy (non-hydrogen) atoms. The molecule has 0 fully saturated rings. The largest absolute Gasteiger partial charge is 0.480 e. The molecule has 134 valence electrons. The Labute approximate surface area is 152 Å². The molecule has 0 spiro atoms. The van der Waals surface area contributed by atoms with E-state index in [1.807, 2.05) is 0 Å². The van der Waals surface area contributed by atoms with Crippen molar-refractivity contribution < 1.29 is 24.6 Å². The highest BCUT2D eigenvalue weighted by molar-refractivity contribution is 8.00. The molecule has 1 heterocycles. The van der Waals surface area contributed by atoms with Gasteiger partial charge in [-0.25, -0.2) is 9.59 Å². The number of nitrogens with two attached hydrogens (primary N) is 1. The van der Waals surface area contributed by atoms with Gasteiger partial charge in [-0.1, -0.05) is 30.3 Å². The number of nitrogens with zero attached hydrogens (tertiary/aromatic N) is 1. The number of hydrogen-bond acceptors (Lipinski definition) is 6. The summed E-state index contributed by atoms with van der Waals surface area (Å²) in [6.45, 7) is 0. The number of alkyl halides is 1. The number of rotatable bonds is 6. The van der Waals surface area contributed by atoms with Gasteiger partial charge < -0.3 is 21.3 Å². The molecule has 0 aliphatic carbocycles. The van der Waals surface area contributed by atoms with Crippen molar-refractivity contribution in [3.8, 4) is 0 Å². The summed E-state index contributed by atoms with van der Waals surface area (Å²) in [7, 11) is 0. The first-order valence-corrected chi connectivity index (χ1v) is 8.70. The second-order valence-corrected chi connectivity index (χ2v) is 6.90. The molecule has 1 aromatic carbocycles. The van der Waals surface area contributed by atoms with Crippen LogP contribution in [0.3, 0.4) is 0 Å². The van der Waals surface area contributed by atoms with Gasteiger partial charge in [-0.2, -0.15) is 0 Å². The molecule has 1 aliphatic heterocycles. The minimum absolute atomic E-state index is 0.168. The lowest BCUT2D eigenvalue weighted by atomic mass is 10.1. The van der Waals surface area contributed by atoms with E-state index in [0.717, 1.165) is 11.8 Å². The number of thioether (sulfide) groups is 1. The van der Waals surface area contributed by atoms with Crippen molar-refractivity contribution in [1.82, 2.24) is 5.32 Å². The van der Waals surface area contributed by atoms with Gasteiger partial charge >= 0.3 is 11.9 Å². The highest BCUT2D eigenvalue weighted by Crippen LogP contribution is 2.26. The van der Waals surface area contributed by atoms with E-state index in [1.54, 1.807) is 30.3 Å². The molecule has 2 rings (SSSR count). The molecule has 0 bridgehead atoms. The average Bonchev–Trinajstić information content (AvgIpc) is 2.59. The van der Waals surface area contributed by atoms with Gasteiger partial charge in [0.25, 0.3) is 0 Å². The van der Waals surface area contributed by atoms with Crippen LogP contribution in [-0.2, 0) is 14.4 Å². The van der Waals surface area contributed by atoms with E-state index < -0.39 is 40.7 Å². The van der Waals surface area contributed by atoms with Crippen LogP contribution < -0.4 is 11.1 Å². The van der Waals surface area contributed by atoms with Crippen LogP contribution >= 0.6 is 23.4 Å². The van der Waals surface area contributed by atoms with Gasteiger partial charge in [0, 0.05) is 5.75 Å². The lowest BCUT2D eigenvalue weighted by Gasteiger charge is -2.27. The Kier molecular flexibility index (Phi) is 6.40. The number of aliphatic imine (C=N–C) groups is 1. The molecule has 1 aliphatic rings. The van der Waals surface area contributed by atoms with Gasteiger partial charge in [0.05, 0.1) is 5.38 Å². The molecule has 0 saturated carbocycles. The molecule has 1 aromatic rings. The number of amides is 1. The third kappa shape index (κ3) is 4.71. The highest BCUT2D eigenvalue weighted by Gasteiger charge is 2.37. The van der Waals surface area contributed by atoms with Crippen LogP contribution in [-0.4, -0.2) is 56.3 Å². The second-order valence-electron chi connectivity index (χ2n) is 5.22. The Hall–Kier alpha value is -2.10. The molecular formula is C15H16ClN3O5S. The van der Waals surface area contributed by atoms with Crippen LogP contribution in [0.5, 0.6) is 0 Å². The monoisotopic (exact) mass is 385 g/mol. The molecule has 10 heteroatoms. The number of benzene rings is 1. The molecule has 4 atom stereocenters. The third-order valence-electron chi connectivity index (χ3n) is 3.49. The van der Waals surface area contributed by atoms with Gasteiger partial charge in [0.1, 0.15) is 17.1 Å². The zero-order chi connectivity index (χ0) is 18.6. The fourth-order valence-corrected chi connectivity index (χ4v) is 3.64. The van der Waals surface area contributed by atoms with Crippen molar-refractivity contribution >= 4 is 46.9 Å². The highest BCUT2D eigenvalue weighted by atomic mass is 35.5. The zero-order valence-electron chi connectivity index (χ0n) is 12.8. The van der Waals surface area contributed by atoms with Gasteiger partial charge in [-0.3, -0.25) is 9.79 Å². The molecule has 1 unspecified atom stereocenters. The van der Waals surface area contributed by atoms with Gasteiger partial charge in [-0.15, -0.1) is 23.4 Å². The minimum atomic E-state index is -1.43. The number of nitrogens with one attached hydrogen (secondary N) is 1. The second kappa shape index (κ2) is 8.32. The Morgan fingerprint density at radius 2 is 1.92 bits per heavy atom. The number of hydrogen-bond donors (Lipinski definition) is 4. The zero-order valence-corrected chi connectivity index (χ0v) is 14.4. The quantitative estimate of drug-likeness (QED) is 0.521. The third-order valence-corrected chi connectivity index (χ3v) is 5.27. The lowest BCUT2D eigenvalue weighted by molar-refractivity contribution is -0.142. The van der Waals surface area contributed by atoms with E-state index in [4.69, 9.17) is 22.4 Å². The Balaban J connectivity index is 2.17. The number of carboxylic acids is 2. The summed E-state index contributed by atoms with van der Waals surface area (Å²) in [5.74, 6) is -3.18. The number of carbonyl (C=O) groups is 3. The van der Waals surface area contributed by atoms with Crippen molar-refractivity contribution in [2.45, 2.75) is 22.8 Å². The SMILES string of the molecule is N[C@H](C(=O)N[C@@H](C(=O)O)[C@@H]1N=C(C(=O)O)C(Cl)CS1)c1ccccc1. The van der Waals surface area contributed by atoms with Crippen LogP contribution in [0.4, 0.5) is 0 Å². The van der Waals surface area contributed by atoms with E-state index in [9.17, 15) is 19.5 Å². The maximum Gasteiger partial charge on any atom is 0.351 e. The van der Waals surface area contributed by atoms with Crippen LogP contribution in [0, 0.1) is 0 Å². The van der Waals surface area contributed by atoms with Gasteiger partial charge in [0.2, 0.25) is 5.91 Å². The molecule has 0 aromatic heterocycles. The number of carboxylic acid groups (broad SMARTS) is 2. The standard InChI is InChI=1S/C15H16ClN3O5S/c16-8-6-25-13(19-10(8)14(21)22)11(15(23)24)18-12(20)9(17)7-4-2-1-3-5-7/h1-5,8-9,11,13H,6,17H2,(H,18,20)(H,21,22)(H,23,24)/t8?,9-,11+,13+/m0/s1. The lowest BCUT2D eigenvalue weighted by Crippen LogP contribution is -2.51. The smallest absolute Gasteiger partial charge is 0.351 e. The summed E-state index contributed by atoms with van der Waals surface area (Å²) in [6, 6.07) is 5.99. The van der Waals surface area contributed by atoms with E-state index in [0.29, 0.717) is 5.56 Å². The Morgan fingerprint density at radius 1 is 1.28 bits per heavy atom. The summed E-state index contributed by atoms with van der Waals surface area (Å²) in [6.07, 6.45) is 0. The van der Waals surface area contributed by atoms with Crippen molar-refractivity contribution in [1.29, 1.82) is 0 Å². The van der Waals surface area contributed by atoms with Crippen molar-refractivity contribution in [3.63, 3.8) is 0 Å². The fraction of sp³-hybridized carbons (Fsp3) is 0.333. The predicted molar refractivity (Wildman–Crippen MR) is 93.9 cm³/mol. The van der Waals surface area contributed by atoms with E-state index in [1.165, 1.54) is 0 Å². The Bertz CT molecular complexity index is 700. The first-order chi connectivity index (χ1) is 11.8. The summed E-state index contributed by atoms with van der Waals surface area (Å²) >= 11 is 6.94. The number of aliphatic carboxylic acids is 2. The van der Waals surface area contributed by atoms with Gasteiger partial charge in [0.15, 0.2) is 6.04 Å². The summed E-state index contributed by atoms with van der Waals surface area (Å²) in [5, 5.41) is 19.0. The van der Waals surface area contributed by atoms with E-state index >= 15 is 0 Å². The van der Waals surface area contributed by atoms with Crippen LogP contribution in [0.15, 0.2) is 35.3 Å². The van der Waals surface area contributed by atoms with E-state index in [2.05, 4.69) is 10.3 Å². The van der Waals surface area contributed by atoms with E-state index in [-0.39, 0.29) is 11.5 Å². The van der Waals surface area contributed by atoms with Crippen molar-refractivity contribution in [2.75, 3.05) is 5.75 Å².